The van der Waals surface area contributed by atoms with Crippen molar-refractivity contribution in [2.24, 2.45) is 0 Å². The van der Waals surface area contributed by atoms with Gasteiger partial charge in [-0.15, -0.1) is 0 Å². The van der Waals surface area contributed by atoms with Crippen LogP contribution in [0.3, 0.4) is 0 Å². The Kier molecular flexibility index (Phi) is 7.41. The summed E-state index contributed by atoms with van der Waals surface area (Å²) < 4.78 is 7.89. The Balaban J connectivity index is 1.43. The van der Waals surface area contributed by atoms with Crippen LogP contribution in [0.4, 0.5) is 0 Å². The fraction of sp³-hybridized carbons (Fsp3) is 0.444. The molecule has 2 atom stereocenters. The maximum atomic E-state index is 5.89. The molecular weight excluding hydrogens is 456 g/mol. The van der Waals surface area contributed by atoms with Crippen molar-refractivity contribution in [1.82, 2.24) is 29.7 Å². The van der Waals surface area contributed by atoms with Gasteiger partial charge in [0.05, 0.1) is 31.0 Å². The monoisotopic (exact) mass is 490 g/mol. The number of aromatic nitrogens is 3. The smallest absolute Gasteiger partial charge is 0.170 e. The maximum Gasteiger partial charge on any atom is 0.170 e. The first-order valence-electron chi connectivity index (χ1n) is 12.5. The first-order valence-corrected chi connectivity index (χ1v) is 12.9. The van der Waals surface area contributed by atoms with Crippen LogP contribution in [0.15, 0.2) is 55.0 Å². The summed E-state index contributed by atoms with van der Waals surface area (Å²) in [5.41, 5.74) is 6.03. The first-order chi connectivity index (χ1) is 17.1. The molecule has 2 saturated heterocycles. The number of hydrogen-bond acceptors (Lipinski definition) is 5. The van der Waals surface area contributed by atoms with Crippen LogP contribution in [0, 0.1) is 13.8 Å². The molecule has 2 aliphatic rings. The van der Waals surface area contributed by atoms with Crippen molar-refractivity contribution in [3.63, 3.8) is 0 Å². The summed E-state index contributed by atoms with van der Waals surface area (Å²) in [6, 6.07) is 12.7. The van der Waals surface area contributed by atoms with E-state index in [0.717, 1.165) is 63.2 Å². The van der Waals surface area contributed by atoms with Gasteiger partial charge in [-0.05, 0) is 67.9 Å². The number of pyridine rings is 2. The highest BCUT2D eigenvalue weighted by Crippen LogP contribution is 2.41. The van der Waals surface area contributed by atoms with Crippen molar-refractivity contribution in [2.75, 3.05) is 39.4 Å². The van der Waals surface area contributed by atoms with Crippen molar-refractivity contribution in [2.45, 2.75) is 38.9 Å². The fourth-order valence-corrected chi connectivity index (χ4v) is 5.65. The predicted octanol–water partition coefficient (Wildman–Crippen LogP) is 3.64. The van der Waals surface area contributed by atoms with Gasteiger partial charge in [-0.3, -0.25) is 14.9 Å². The standard InChI is InChI=1S/C27H34N6OS/c1-20-17-23(21(2)33(20)19-22-7-5-9-28-18-22)26-25(24-8-3-4-10-29-24)30-27(35)32(26)12-6-11-31-13-15-34-16-14-31/h3-5,7-10,17-18,25-26H,6,11-16,19H2,1-2H3,(H,30,35)/t25-,26-/m0/s1. The third kappa shape index (κ3) is 5.24. The van der Waals surface area contributed by atoms with Gasteiger partial charge in [0.25, 0.3) is 0 Å². The number of rotatable bonds is 8. The fourth-order valence-electron chi connectivity index (χ4n) is 5.32. The van der Waals surface area contributed by atoms with Crippen LogP contribution in [0.25, 0.3) is 0 Å². The molecule has 8 heteroatoms. The molecular formula is C27H34N6OS. The molecule has 35 heavy (non-hydrogen) atoms. The van der Waals surface area contributed by atoms with Crippen LogP contribution < -0.4 is 5.32 Å². The van der Waals surface area contributed by atoms with E-state index in [-0.39, 0.29) is 12.1 Å². The van der Waals surface area contributed by atoms with E-state index >= 15 is 0 Å². The lowest BCUT2D eigenvalue weighted by Gasteiger charge is -2.30. The molecule has 2 fully saturated rings. The predicted molar refractivity (Wildman–Crippen MR) is 141 cm³/mol. The van der Waals surface area contributed by atoms with E-state index in [2.05, 4.69) is 62.8 Å². The van der Waals surface area contributed by atoms with E-state index in [1.54, 1.807) is 0 Å². The minimum Gasteiger partial charge on any atom is -0.379 e. The van der Waals surface area contributed by atoms with Gasteiger partial charge in [0, 0.05) is 62.7 Å². The molecule has 0 spiro atoms. The molecule has 0 unspecified atom stereocenters. The normalized spacial score (nSPS) is 20.9. The lowest BCUT2D eigenvalue weighted by molar-refractivity contribution is 0.0365. The maximum absolute atomic E-state index is 5.89. The molecule has 3 aromatic rings. The lowest BCUT2D eigenvalue weighted by atomic mass is 9.96. The highest BCUT2D eigenvalue weighted by atomic mass is 32.1. The summed E-state index contributed by atoms with van der Waals surface area (Å²) in [5.74, 6) is 0. The molecule has 7 nitrogen and oxygen atoms in total. The zero-order valence-electron chi connectivity index (χ0n) is 20.6. The number of aryl methyl sites for hydroxylation is 1. The summed E-state index contributed by atoms with van der Waals surface area (Å²) in [4.78, 5) is 13.9. The van der Waals surface area contributed by atoms with E-state index in [1.165, 1.54) is 22.5 Å². The van der Waals surface area contributed by atoms with Crippen molar-refractivity contribution in [3.8, 4) is 0 Å². The Morgan fingerprint density at radius 1 is 1.09 bits per heavy atom. The third-order valence-corrected chi connectivity index (χ3v) is 7.52. The second-order valence-electron chi connectivity index (χ2n) is 9.40. The van der Waals surface area contributed by atoms with Crippen LogP contribution >= 0.6 is 12.2 Å². The first kappa shape index (κ1) is 23.9. The molecule has 1 N–H and O–H groups in total. The SMILES string of the molecule is Cc1cc([C@H]2[C@H](c3ccccn3)NC(=S)N2CCCN2CCOCC2)c(C)n1Cc1cccnc1. The Morgan fingerprint density at radius 2 is 1.94 bits per heavy atom. The summed E-state index contributed by atoms with van der Waals surface area (Å²) in [6.07, 6.45) is 6.69. The van der Waals surface area contributed by atoms with Crippen LogP contribution in [0.2, 0.25) is 0 Å². The van der Waals surface area contributed by atoms with Crippen LogP contribution in [-0.4, -0.2) is 68.8 Å². The van der Waals surface area contributed by atoms with Crippen LogP contribution in [0.5, 0.6) is 0 Å². The highest BCUT2D eigenvalue weighted by Gasteiger charge is 2.41. The molecule has 0 saturated carbocycles. The summed E-state index contributed by atoms with van der Waals surface area (Å²) in [5, 5.41) is 4.41. The summed E-state index contributed by atoms with van der Waals surface area (Å²) in [6.45, 7) is 10.9. The molecule has 0 amide bonds. The van der Waals surface area contributed by atoms with Gasteiger partial charge < -0.3 is 19.5 Å². The van der Waals surface area contributed by atoms with Gasteiger partial charge in [-0.2, -0.15) is 0 Å². The van der Waals surface area contributed by atoms with Crippen LogP contribution in [-0.2, 0) is 11.3 Å². The molecule has 5 heterocycles. The number of thiocarbonyl (C=S) groups is 1. The molecule has 0 aliphatic carbocycles. The van der Waals surface area contributed by atoms with E-state index in [4.69, 9.17) is 21.9 Å². The van der Waals surface area contributed by atoms with E-state index in [0.29, 0.717) is 0 Å². The van der Waals surface area contributed by atoms with E-state index < -0.39 is 0 Å². The van der Waals surface area contributed by atoms with Gasteiger partial charge in [0.1, 0.15) is 0 Å². The van der Waals surface area contributed by atoms with Crippen molar-refractivity contribution in [3.05, 3.63) is 83.2 Å². The largest absolute Gasteiger partial charge is 0.379 e. The molecule has 3 aromatic heterocycles. The van der Waals surface area contributed by atoms with Crippen molar-refractivity contribution >= 4 is 17.3 Å². The second-order valence-corrected chi connectivity index (χ2v) is 9.79. The molecule has 184 valence electrons. The summed E-state index contributed by atoms with van der Waals surface area (Å²) in [7, 11) is 0. The van der Waals surface area contributed by atoms with Gasteiger partial charge in [-0.1, -0.05) is 12.1 Å². The van der Waals surface area contributed by atoms with Gasteiger partial charge in [0.15, 0.2) is 5.11 Å². The van der Waals surface area contributed by atoms with Crippen LogP contribution in [0.1, 0.15) is 46.7 Å². The van der Waals surface area contributed by atoms with E-state index in [1.807, 2.05) is 30.7 Å². The lowest BCUT2D eigenvalue weighted by Crippen LogP contribution is -2.39. The third-order valence-electron chi connectivity index (χ3n) is 7.17. The highest BCUT2D eigenvalue weighted by molar-refractivity contribution is 7.80. The minimum absolute atomic E-state index is 0.0134. The Hall–Kier alpha value is -2.81. The topological polar surface area (TPSA) is 58.5 Å². The quantitative estimate of drug-likeness (QED) is 0.484. The number of hydrogen-bond donors (Lipinski definition) is 1. The molecule has 0 aromatic carbocycles. The van der Waals surface area contributed by atoms with Crippen molar-refractivity contribution in [1.29, 1.82) is 0 Å². The number of morpholine rings is 1. The Morgan fingerprint density at radius 3 is 2.69 bits per heavy atom. The average molecular weight is 491 g/mol. The second kappa shape index (κ2) is 10.8. The molecule has 0 radical (unpaired) electrons. The molecule has 2 aliphatic heterocycles. The molecule has 5 rings (SSSR count). The van der Waals surface area contributed by atoms with E-state index in [9.17, 15) is 0 Å². The number of nitrogens with one attached hydrogen (secondary N) is 1. The molecule has 0 bridgehead atoms. The Labute approximate surface area is 213 Å². The summed E-state index contributed by atoms with van der Waals surface area (Å²) >= 11 is 5.89. The van der Waals surface area contributed by atoms with Gasteiger partial charge in [-0.25, -0.2) is 0 Å². The van der Waals surface area contributed by atoms with Gasteiger partial charge >= 0.3 is 0 Å². The zero-order valence-corrected chi connectivity index (χ0v) is 21.4. The van der Waals surface area contributed by atoms with Crippen molar-refractivity contribution < 1.29 is 4.74 Å². The zero-order chi connectivity index (χ0) is 24.2. The van der Waals surface area contributed by atoms with Gasteiger partial charge in [0.2, 0.25) is 0 Å². The number of nitrogens with zero attached hydrogens (tertiary/aromatic N) is 5. The number of ether oxygens (including phenoxy) is 1. The Bertz CT molecular complexity index is 1130. The average Bonchev–Trinajstić information content (AvgIpc) is 3.36. The minimum atomic E-state index is 0.0134.